The molecule has 0 amide bonds. The number of hydrogen-bond acceptors (Lipinski definition) is 1. The summed E-state index contributed by atoms with van der Waals surface area (Å²) in [6.07, 6.45) is 7.06. The molecule has 2 heteroatoms. The molecule has 0 aliphatic rings. The molecule has 0 heterocycles. The molecule has 0 saturated carbocycles. The van der Waals surface area contributed by atoms with Crippen molar-refractivity contribution in [1.82, 2.24) is 0 Å². The lowest BCUT2D eigenvalue weighted by atomic mass is 9.98. The van der Waals surface area contributed by atoms with E-state index in [0.717, 1.165) is 24.6 Å². The maximum atomic E-state index is 8.58. The lowest BCUT2D eigenvalue weighted by molar-refractivity contribution is 0.277. The summed E-state index contributed by atoms with van der Waals surface area (Å²) in [7, 11) is 0. The van der Waals surface area contributed by atoms with Crippen LogP contribution in [0.4, 0.5) is 0 Å². The lowest BCUT2D eigenvalue weighted by Gasteiger charge is -2.09. The number of rotatable bonds is 8. The maximum Gasteiger partial charge on any atom is 0.0431 e. The van der Waals surface area contributed by atoms with Crippen molar-refractivity contribution < 1.29 is 5.11 Å². The van der Waals surface area contributed by atoms with E-state index in [4.69, 9.17) is 16.7 Å². The number of aliphatic hydroxyl groups excluding tert-OH is 1. The lowest BCUT2D eigenvalue weighted by Crippen LogP contribution is -1.96. The normalized spacial score (nSPS) is 13.2. The first-order chi connectivity index (χ1) is 5.81. The minimum atomic E-state index is 0.342. The molecule has 0 saturated heterocycles. The van der Waals surface area contributed by atoms with Gasteiger partial charge in [-0.25, -0.2) is 0 Å². The Labute approximate surface area is 81.1 Å². The largest absolute Gasteiger partial charge is 0.396 e. The van der Waals surface area contributed by atoms with Crippen LogP contribution in [-0.4, -0.2) is 17.6 Å². The molecule has 0 radical (unpaired) electrons. The molecule has 0 bridgehead atoms. The van der Waals surface area contributed by atoms with Gasteiger partial charge in [0.2, 0.25) is 0 Å². The first-order valence-electron chi connectivity index (χ1n) is 4.98. The van der Waals surface area contributed by atoms with Gasteiger partial charge in [0, 0.05) is 12.5 Å². The summed E-state index contributed by atoms with van der Waals surface area (Å²) in [6.45, 7) is 2.63. The van der Waals surface area contributed by atoms with Crippen molar-refractivity contribution in [3.63, 3.8) is 0 Å². The number of unbranched alkanes of at least 4 members (excludes halogenated alkanes) is 2. The molecule has 0 aromatic carbocycles. The number of halogens is 1. The van der Waals surface area contributed by atoms with Gasteiger partial charge in [0.05, 0.1) is 0 Å². The van der Waals surface area contributed by atoms with E-state index in [-0.39, 0.29) is 0 Å². The number of aliphatic hydroxyl groups is 1. The molecular formula is C10H21ClO. The summed E-state index contributed by atoms with van der Waals surface area (Å²) in [5.41, 5.74) is 0. The van der Waals surface area contributed by atoms with Crippen LogP contribution in [0, 0.1) is 5.92 Å². The van der Waals surface area contributed by atoms with Crippen molar-refractivity contribution >= 4 is 11.6 Å². The average Bonchev–Trinajstić information content (AvgIpc) is 2.06. The molecule has 1 nitrogen and oxygen atoms in total. The maximum absolute atomic E-state index is 8.58. The second-order valence-corrected chi connectivity index (χ2v) is 3.89. The van der Waals surface area contributed by atoms with Crippen LogP contribution in [0.2, 0.25) is 0 Å². The van der Waals surface area contributed by atoms with Crippen LogP contribution in [0.5, 0.6) is 0 Å². The van der Waals surface area contributed by atoms with Crippen molar-refractivity contribution in [2.45, 2.75) is 45.4 Å². The fourth-order valence-electron chi connectivity index (χ4n) is 1.34. The molecule has 1 atom stereocenters. The Morgan fingerprint density at radius 2 is 1.67 bits per heavy atom. The topological polar surface area (TPSA) is 20.2 Å². The minimum absolute atomic E-state index is 0.342. The van der Waals surface area contributed by atoms with Crippen LogP contribution < -0.4 is 0 Å². The SMILES string of the molecule is C[C@@H](CCCCO)CCCCCl. The highest BCUT2D eigenvalue weighted by Crippen LogP contribution is 2.14. The standard InChI is InChI=1S/C10H21ClO/c1-10(6-2-4-8-11)7-3-5-9-12/h10,12H,2-9H2,1H3/t10-/m1/s1. The van der Waals surface area contributed by atoms with Gasteiger partial charge in [-0.1, -0.05) is 32.6 Å². The summed E-state index contributed by atoms with van der Waals surface area (Å²) in [6, 6.07) is 0. The molecule has 0 aromatic rings. The van der Waals surface area contributed by atoms with Gasteiger partial charge in [0.15, 0.2) is 0 Å². The minimum Gasteiger partial charge on any atom is -0.396 e. The van der Waals surface area contributed by atoms with Gasteiger partial charge >= 0.3 is 0 Å². The van der Waals surface area contributed by atoms with E-state index in [1.165, 1.54) is 25.7 Å². The molecule has 0 rings (SSSR count). The number of hydrogen-bond donors (Lipinski definition) is 1. The van der Waals surface area contributed by atoms with Gasteiger partial charge in [-0.05, 0) is 18.8 Å². The summed E-state index contributed by atoms with van der Waals surface area (Å²) in [5, 5.41) is 8.58. The van der Waals surface area contributed by atoms with Gasteiger partial charge < -0.3 is 5.11 Å². The van der Waals surface area contributed by atoms with E-state index in [1.807, 2.05) is 0 Å². The van der Waals surface area contributed by atoms with Crippen LogP contribution in [-0.2, 0) is 0 Å². The third-order valence-electron chi connectivity index (χ3n) is 2.19. The molecule has 0 spiro atoms. The zero-order chi connectivity index (χ0) is 9.23. The van der Waals surface area contributed by atoms with Crippen molar-refractivity contribution in [2.24, 2.45) is 5.92 Å². The van der Waals surface area contributed by atoms with Crippen molar-refractivity contribution in [1.29, 1.82) is 0 Å². The predicted octanol–water partition coefficient (Wildman–Crippen LogP) is 3.19. The summed E-state index contributed by atoms with van der Waals surface area (Å²) >= 11 is 5.58. The zero-order valence-electron chi connectivity index (χ0n) is 8.06. The summed E-state index contributed by atoms with van der Waals surface area (Å²) in [5.74, 6) is 1.60. The van der Waals surface area contributed by atoms with Crippen LogP contribution in [0.3, 0.4) is 0 Å². The van der Waals surface area contributed by atoms with Crippen LogP contribution >= 0.6 is 11.6 Å². The summed E-state index contributed by atoms with van der Waals surface area (Å²) in [4.78, 5) is 0. The van der Waals surface area contributed by atoms with Gasteiger partial charge in [-0.3, -0.25) is 0 Å². The average molecular weight is 193 g/mol. The molecule has 0 aromatic heterocycles. The number of alkyl halides is 1. The van der Waals surface area contributed by atoms with E-state index in [0.29, 0.717) is 6.61 Å². The molecular weight excluding hydrogens is 172 g/mol. The van der Waals surface area contributed by atoms with E-state index in [2.05, 4.69) is 6.92 Å². The first-order valence-corrected chi connectivity index (χ1v) is 5.51. The molecule has 0 aliphatic heterocycles. The Hall–Kier alpha value is 0.250. The molecule has 0 fully saturated rings. The Morgan fingerprint density at radius 3 is 2.17 bits per heavy atom. The van der Waals surface area contributed by atoms with Gasteiger partial charge in [0.25, 0.3) is 0 Å². The molecule has 0 aliphatic carbocycles. The van der Waals surface area contributed by atoms with Crippen molar-refractivity contribution in [2.75, 3.05) is 12.5 Å². The highest BCUT2D eigenvalue weighted by molar-refractivity contribution is 6.17. The third-order valence-corrected chi connectivity index (χ3v) is 2.45. The van der Waals surface area contributed by atoms with Gasteiger partial charge in [0.1, 0.15) is 0 Å². The van der Waals surface area contributed by atoms with E-state index < -0.39 is 0 Å². The van der Waals surface area contributed by atoms with E-state index >= 15 is 0 Å². The Bertz CT molecular complexity index is 75.9. The fraction of sp³-hybridized carbons (Fsp3) is 1.00. The van der Waals surface area contributed by atoms with Crippen LogP contribution in [0.25, 0.3) is 0 Å². The van der Waals surface area contributed by atoms with E-state index in [1.54, 1.807) is 0 Å². The molecule has 74 valence electrons. The molecule has 12 heavy (non-hydrogen) atoms. The second kappa shape index (κ2) is 9.34. The second-order valence-electron chi connectivity index (χ2n) is 3.51. The Morgan fingerprint density at radius 1 is 1.08 bits per heavy atom. The van der Waals surface area contributed by atoms with Crippen LogP contribution in [0.15, 0.2) is 0 Å². The molecule has 0 unspecified atom stereocenters. The van der Waals surface area contributed by atoms with Crippen molar-refractivity contribution in [3.8, 4) is 0 Å². The first kappa shape index (κ1) is 12.2. The summed E-state index contributed by atoms with van der Waals surface area (Å²) < 4.78 is 0. The monoisotopic (exact) mass is 192 g/mol. The van der Waals surface area contributed by atoms with Gasteiger partial charge in [-0.15, -0.1) is 11.6 Å². The quantitative estimate of drug-likeness (QED) is 0.463. The predicted molar refractivity (Wildman–Crippen MR) is 54.7 cm³/mol. The highest BCUT2D eigenvalue weighted by atomic mass is 35.5. The van der Waals surface area contributed by atoms with Crippen LogP contribution in [0.1, 0.15) is 45.4 Å². The Kier molecular flexibility index (Phi) is 9.53. The third kappa shape index (κ3) is 8.35. The fourth-order valence-corrected chi connectivity index (χ4v) is 1.53. The van der Waals surface area contributed by atoms with E-state index in [9.17, 15) is 0 Å². The van der Waals surface area contributed by atoms with Gasteiger partial charge in [-0.2, -0.15) is 0 Å². The zero-order valence-corrected chi connectivity index (χ0v) is 8.82. The van der Waals surface area contributed by atoms with Crippen molar-refractivity contribution in [3.05, 3.63) is 0 Å². The smallest absolute Gasteiger partial charge is 0.0431 e. The highest BCUT2D eigenvalue weighted by Gasteiger charge is 2.00. The Balaban J connectivity index is 3.04. The molecule has 1 N–H and O–H groups in total.